The summed E-state index contributed by atoms with van der Waals surface area (Å²) in [7, 11) is -1.59. The topological polar surface area (TPSA) is 81.2 Å². The fraction of sp³-hybridized carbons (Fsp3) is 0.652. The van der Waals surface area contributed by atoms with Gasteiger partial charge in [-0.05, 0) is 63.4 Å². The van der Waals surface area contributed by atoms with E-state index in [2.05, 4.69) is 11.8 Å². The summed E-state index contributed by atoms with van der Waals surface area (Å²) >= 11 is 0. The molecule has 0 radical (unpaired) electrons. The maximum absolute atomic E-state index is 13.2. The Hall–Kier alpha value is -1.97. The van der Waals surface area contributed by atoms with Gasteiger partial charge in [-0.25, -0.2) is 8.42 Å². The Kier molecular flexibility index (Phi) is 6.11. The zero-order valence-corrected chi connectivity index (χ0v) is 20.3. The highest BCUT2D eigenvalue weighted by Gasteiger charge is 2.45. The molecule has 0 atom stereocenters. The van der Waals surface area contributed by atoms with Crippen molar-refractivity contribution in [3.63, 3.8) is 0 Å². The van der Waals surface area contributed by atoms with Crippen LogP contribution in [0.25, 0.3) is 0 Å². The molecule has 4 rings (SSSR count). The molecule has 3 aliphatic heterocycles. The molecule has 2 saturated heterocycles. The standard InChI is InChI=1S/C23H34N4O4S/c1-17-7-9-26(10-8-17)32(30,31)18-5-6-20-19(15-18)23(2,3)22(29)27(20)16-21(28)25-13-11-24(4)12-14-25/h5-6,15,17H,7-14,16H2,1-4H3. The number of hydrogen-bond donors (Lipinski definition) is 0. The highest BCUT2D eigenvalue weighted by Crippen LogP contribution is 2.43. The number of fused-ring (bicyclic) bond motifs is 1. The summed E-state index contributed by atoms with van der Waals surface area (Å²) in [5, 5.41) is 0. The zero-order valence-electron chi connectivity index (χ0n) is 19.5. The number of likely N-dealkylation sites (N-methyl/N-ethyl adjacent to an activating group) is 1. The minimum atomic E-state index is -3.61. The van der Waals surface area contributed by atoms with E-state index in [1.807, 2.05) is 7.05 Å². The number of sulfonamides is 1. The van der Waals surface area contributed by atoms with Crippen LogP contribution in [0.4, 0.5) is 5.69 Å². The van der Waals surface area contributed by atoms with E-state index in [-0.39, 0.29) is 23.3 Å². The molecule has 0 aromatic heterocycles. The Bertz CT molecular complexity index is 1010. The molecule has 2 amide bonds. The summed E-state index contributed by atoms with van der Waals surface area (Å²) in [5.41, 5.74) is 0.411. The Labute approximate surface area is 191 Å². The zero-order chi connectivity index (χ0) is 23.3. The monoisotopic (exact) mass is 462 g/mol. The lowest BCUT2D eigenvalue weighted by atomic mass is 9.86. The van der Waals surface area contributed by atoms with Crippen molar-refractivity contribution in [1.29, 1.82) is 0 Å². The van der Waals surface area contributed by atoms with Crippen LogP contribution in [0, 0.1) is 5.92 Å². The van der Waals surface area contributed by atoms with E-state index < -0.39 is 15.4 Å². The summed E-state index contributed by atoms with van der Waals surface area (Å²) in [4.78, 5) is 31.9. The third kappa shape index (κ3) is 4.06. The molecule has 0 saturated carbocycles. The van der Waals surface area contributed by atoms with Crippen LogP contribution in [0.2, 0.25) is 0 Å². The van der Waals surface area contributed by atoms with Gasteiger partial charge in [0.1, 0.15) is 6.54 Å². The molecule has 0 aliphatic carbocycles. The van der Waals surface area contributed by atoms with Crippen LogP contribution in [0.1, 0.15) is 39.2 Å². The first-order chi connectivity index (χ1) is 15.0. The van der Waals surface area contributed by atoms with E-state index in [9.17, 15) is 18.0 Å². The smallest absolute Gasteiger partial charge is 0.243 e. The van der Waals surface area contributed by atoms with Gasteiger partial charge in [0.25, 0.3) is 0 Å². The van der Waals surface area contributed by atoms with Crippen molar-refractivity contribution in [2.75, 3.05) is 57.8 Å². The quantitative estimate of drug-likeness (QED) is 0.678. The lowest BCUT2D eigenvalue weighted by Crippen LogP contribution is -2.51. The predicted octanol–water partition coefficient (Wildman–Crippen LogP) is 1.51. The lowest BCUT2D eigenvalue weighted by Gasteiger charge is -2.33. The van der Waals surface area contributed by atoms with Gasteiger partial charge in [0.2, 0.25) is 21.8 Å². The molecule has 3 aliphatic rings. The third-order valence-electron chi connectivity index (χ3n) is 7.24. The van der Waals surface area contributed by atoms with Crippen molar-refractivity contribution >= 4 is 27.5 Å². The van der Waals surface area contributed by atoms with Crippen molar-refractivity contribution in [3.05, 3.63) is 23.8 Å². The van der Waals surface area contributed by atoms with Crippen molar-refractivity contribution < 1.29 is 18.0 Å². The maximum atomic E-state index is 13.2. The molecule has 8 nitrogen and oxygen atoms in total. The molecule has 0 bridgehead atoms. The molecule has 1 aromatic rings. The van der Waals surface area contributed by atoms with Crippen molar-refractivity contribution in [2.45, 2.75) is 43.9 Å². The average molecular weight is 463 g/mol. The lowest BCUT2D eigenvalue weighted by molar-refractivity contribution is -0.133. The van der Waals surface area contributed by atoms with Crippen LogP contribution in [0.15, 0.2) is 23.1 Å². The minimum absolute atomic E-state index is 0.0188. The number of amides is 2. The van der Waals surface area contributed by atoms with Gasteiger partial charge in [-0.15, -0.1) is 0 Å². The Morgan fingerprint density at radius 2 is 1.69 bits per heavy atom. The second kappa shape index (κ2) is 8.43. The Morgan fingerprint density at radius 3 is 2.31 bits per heavy atom. The fourth-order valence-electron chi connectivity index (χ4n) is 4.80. The first-order valence-corrected chi connectivity index (χ1v) is 12.9. The molecule has 0 N–H and O–H groups in total. The molecule has 2 fully saturated rings. The van der Waals surface area contributed by atoms with Crippen molar-refractivity contribution in [1.82, 2.24) is 14.1 Å². The highest BCUT2D eigenvalue weighted by molar-refractivity contribution is 7.89. The van der Waals surface area contributed by atoms with E-state index in [1.54, 1.807) is 41.3 Å². The molecule has 1 aromatic carbocycles. The fourth-order valence-corrected chi connectivity index (χ4v) is 6.29. The Morgan fingerprint density at radius 1 is 1.06 bits per heavy atom. The van der Waals surface area contributed by atoms with Gasteiger partial charge >= 0.3 is 0 Å². The first kappa shape index (κ1) is 23.2. The van der Waals surface area contributed by atoms with Crippen molar-refractivity contribution in [3.8, 4) is 0 Å². The molecule has 32 heavy (non-hydrogen) atoms. The van der Waals surface area contributed by atoms with Gasteiger partial charge < -0.3 is 14.7 Å². The highest BCUT2D eigenvalue weighted by atomic mass is 32.2. The summed E-state index contributed by atoms with van der Waals surface area (Å²) in [6.45, 7) is 9.71. The van der Waals surface area contributed by atoms with Gasteiger partial charge in [0.05, 0.1) is 10.3 Å². The van der Waals surface area contributed by atoms with E-state index in [1.165, 1.54) is 4.90 Å². The van der Waals surface area contributed by atoms with Crippen LogP contribution >= 0.6 is 0 Å². The second-order valence-corrected chi connectivity index (χ2v) is 11.9. The van der Waals surface area contributed by atoms with Gasteiger partial charge in [-0.1, -0.05) is 6.92 Å². The van der Waals surface area contributed by atoms with Crippen LogP contribution in [-0.4, -0.2) is 87.2 Å². The summed E-state index contributed by atoms with van der Waals surface area (Å²) in [6, 6.07) is 4.91. The largest absolute Gasteiger partial charge is 0.339 e. The third-order valence-corrected chi connectivity index (χ3v) is 9.14. The van der Waals surface area contributed by atoms with E-state index >= 15 is 0 Å². The van der Waals surface area contributed by atoms with E-state index in [4.69, 9.17) is 0 Å². The number of hydrogen-bond acceptors (Lipinski definition) is 5. The summed E-state index contributed by atoms with van der Waals surface area (Å²) < 4.78 is 28.0. The Balaban J connectivity index is 1.59. The number of rotatable bonds is 4. The van der Waals surface area contributed by atoms with Crippen LogP contribution in [0.3, 0.4) is 0 Å². The number of piperidine rings is 1. The van der Waals surface area contributed by atoms with E-state index in [0.717, 1.165) is 25.9 Å². The average Bonchev–Trinajstić information content (AvgIpc) is 2.95. The van der Waals surface area contributed by atoms with Gasteiger partial charge in [0.15, 0.2) is 0 Å². The minimum Gasteiger partial charge on any atom is -0.339 e. The number of carbonyl (C=O) groups excluding carboxylic acids is 2. The molecule has 9 heteroatoms. The molecular formula is C23H34N4O4S. The summed E-state index contributed by atoms with van der Waals surface area (Å²) in [6.07, 6.45) is 1.71. The van der Waals surface area contributed by atoms with Gasteiger partial charge in [0, 0.05) is 45.0 Å². The normalized spacial score (nSPS) is 22.9. The molecular weight excluding hydrogens is 428 g/mol. The first-order valence-electron chi connectivity index (χ1n) is 11.4. The molecule has 0 unspecified atom stereocenters. The number of anilines is 1. The van der Waals surface area contributed by atoms with Crippen LogP contribution in [0.5, 0.6) is 0 Å². The molecule has 0 spiro atoms. The van der Waals surface area contributed by atoms with E-state index in [0.29, 0.717) is 43.3 Å². The SMILES string of the molecule is CC1CCN(S(=O)(=O)c2ccc3c(c2)C(C)(C)C(=O)N3CC(=O)N2CCN(C)CC2)CC1. The van der Waals surface area contributed by atoms with Gasteiger partial charge in [-0.2, -0.15) is 4.31 Å². The van der Waals surface area contributed by atoms with Gasteiger partial charge in [-0.3, -0.25) is 9.59 Å². The van der Waals surface area contributed by atoms with Crippen molar-refractivity contribution in [2.24, 2.45) is 5.92 Å². The van der Waals surface area contributed by atoms with Crippen LogP contribution in [-0.2, 0) is 25.0 Å². The molecule has 3 heterocycles. The van der Waals surface area contributed by atoms with Crippen LogP contribution < -0.4 is 4.90 Å². The predicted molar refractivity (Wildman–Crippen MR) is 123 cm³/mol. The second-order valence-electron chi connectivity index (χ2n) is 9.97. The number of nitrogens with zero attached hydrogens (tertiary/aromatic N) is 4. The molecule has 176 valence electrons. The summed E-state index contributed by atoms with van der Waals surface area (Å²) in [5.74, 6) is 0.287. The number of carbonyl (C=O) groups is 2. The number of benzene rings is 1. The number of piperazine rings is 1. The maximum Gasteiger partial charge on any atom is 0.243 e.